The van der Waals surface area contributed by atoms with E-state index in [4.69, 9.17) is 0 Å². The van der Waals surface area contributed by atoms with Gasteiger partial charge in [-0.25, -0.2) is 4.39 Å². The van der Waals surface area contributed by atoms with Gasteiger partial charge in [-0.2, -0.15) is 0 Å². The Kier molecular flexibility index (Phi) is 8.51. The molecule has 0 saturated carbocycles. The molecule has 0 aliphatic rings. The Morgan fingerprint density at radius 2 is 1.56 bits per heavy atom. The molecule has 0 aromatic heterocycles. The molecule has 3 N–H and O–H groups in total. The molecule has 176 valence electrons. The highest BCUT2D eigenvalue weighted by atomic mass is 19.1. The molecule has 34 heavy (non-hydrogen) atoms. The van der Waals surface area contributed by atoms with E-state index in [0.717, 1.165) is 18.1 Å². The number of benzene rings is 3. The fraction of sp³-hybridized carbons (Fsp3) is 0.222. The number of rotatable bonds is 9. The van der Waals surface area contributed by atoms with Gasteiger partial charge in [-0.15, -0.1) is 0 Å². The molecule has 0 fully saturated rings. The molecule has 6 nitrogen and oxygen atoms in total. The third-order valence-corrected chi connectivity index (χ3v) is 5.56. The summed E-state index contributed by atoms with van der Waals surface area (Å²) in [6.45, 7) is 4.10. The van der Waals surface area contributed by atoms with Crippen molar-refractivity contribution in [3.8, 4) is 0 Å². The number of nitrogens with one attached hydrogen (secondary N) is 3. The molecule has 0 bridgehead atoms. The molecule has 0 heterocycles. The van der Waals surface area contributed by atoms with Crippen LogP contribution in [0.2, 0.25) is 0 Å². The summed E-state index contributed by atoms with van der Waals surface area (Å²) in [5, 5.41) is 8.45. The van der Waals surface area contributed by atoms with Crippen molar-refractivity contribution in [2.24, 2.45) is 5.92 Å². The van der Waals surface area contributed by atoms with Gasteiger partial charge in [-0.05, 0) is 53.9 Å². The molecule has 0 spiro atoms. The predicted molar refractivity (Wildman–Crippen MR) is 130 cm³/mol. The quantitative estimate of drug-likeness (QED) is 0.437. The van der Waals surface area contributed by atoms with E-state index in [9.17, 15) is 18.8 Å². The minimum atomic E-state index is -0.687. The van der Waals surface area contributed by atoms with Crippen molar-refractivity contribution in [3.05, 3.63) is 101 Å². The molecular formula is C27H28FN3O3. The third-order valence-electron chi connectivity index (χ3n) is 5.56. The van der Waals surface area contributed by atoms with Crippen LogP contribution in [-0.2, 0) is 11.3 Å². The maximum Gasteiger partial charge on any atom is 0.255 e. The van der Waals surface area contributed by atoms with Crippen LogP contribution in [0.15, 0.2) is 78.9 Å². The summed E-state index contributed by atoms with van der Waals surface area (Å²) >= 11 is 0. The maximum atomic E-state index is 13.4. The first-order valence-corrected chi connectivity index (χ1v) is 11.2. The Labute approximate surface area is 198 Å². The number of amides is 3. The van der Waals surface area contributed by atoms with E-state index in [-0.39, 0.29) is 29.8 Å². The highest BCUT2D eigenvalue weighted by Gasteiger charge is 2.26. The zero-order valence-electron chi connectivity index (χ0n) is 19.2. The van der Waals surface area contributed by atoms with Crippen LogP contribution in [0.5, 0.6) is 0 Å². The number of hydrogen-bond acceptors (Lipinski definition) is 3. The number of carbonyl (C=O) groups is 3. The molecule has 3 rings (SSSR count). The first kappa shape index (κ1) is 24.6. The minimum absolute atomic E-state index is 0.0652. The zero-order valence-corrected chi connectivity index (χ0v) is 19.2. The lowest BCUT2D eigenvalue weighted by Gasteiger charge is -2.23. The molecule has 2 unspecified atom stereocenters. The van der Waals surface area contributed by atoms with Gasteiger partial charge >= 0.3 is 0 Å². The number of hydrogen-bond donors (Lipinski definition) is 3. The molecule has 0 aliphatic carbocycles. The van der Waals surface area contributed by atoms with E-state index >= 15 is 0 Å². The predicted octanol–water partition coefficient (Wildman–Crippen LogP) is 4.54. The Morgan fingerprint density at radius 1 is 0.853 bits per heavy atom. The van der Waals surface area contributed by atoms with E-state index in [1.54, 1.807) is 42.5 Å². The largest absolute Gasteiger partial charge is 0.350 e. The minimum Gasteiger partial charge on any atom is -0.350 e. The third kappa shape index (κ3) is 6.75. The molecule has 7 heteroatoms. The van der Waals surface area contributed by atoms with Crippen LogP contribution in [-0.4, -0.2) is 23.8 Å². The lowest BCUT2D eigenvalue weighted by atomic mass is 9.97. The fourth-order valence-corrected chi connectivity index (χ4v) is 3.41. The summed E-state index contributed by atoms with van der Waals surface area (Å²) in [6.07, 6.45) is 0.717. The molecule has 3 aromatic carbocycles. The smallest absolute Gasteiger partial charge is 0.255 e. The average Bonchev–Trinajstić information content (AvgIpc) is 2.86. The first-order valence-electron chi connectivity index (χ1n) is 11.2. The molecule has 3 amide bonds. The summed E-state index contributed by atoms with van der Waals surface area (Å²) in [6, 6.07) is 20.5. The molecule has 3 aromatic rings. The van der Waals surface area contributed by atoms with Crippen molar-refractivity contribution in [1.82, 2.24) is 10.6 Å². The van der Waals surface area contributed by atoms with E-state index in [2.05, 4.69) is 16.0 Å². The normalized spacial score (nSPS) is 12.3. The lowest BCUT2D eigenvalue weighted by Crippen LogP contribution is -2.50. The highest BCUT2D eigenvalue weighted by Crippen LogP contribution is 2.14. The van der Waals surface area contributed by atoms with Gasteiger partial charge in [0.1, 0.15) is 11.9 Å². The van der Waals surface area contributed by atoms with E-state index < -0.39 is 17.8 Å². The van der Waals surface area contributed by atoms with Crippen LogP contribution in [0, 0.1) is 11.7 Å². The van der Waals surface area contributed by atoms with Crippen LogP contribution < -0.4 is 16.0 Å². The number of carbonyl (C=O) groups excluding carboxylic acids is 3. The number of anilines is 1. The maximum absolute atomic E-state index is 13.4. The Hall–Kier alpha value is -4.00. The van der Waals surface area contributed by atoms with Crippen molar-refractivity contribution in [1.29, 1.82) is 0 Å². The second-order valence-electron chi connectivity index (χ2n) is 8.09. The Bertz CT molecular complexity index is 1150. The molecular weight excluding hydrogens is 433 g/mol. The SMILES string of the molecule is CCC(C)C(NC(=O)c1ccccc1)C(=O)NCc1cccc(NC(=O)c2cccc(F)c2)c1. The van der Waals surface area contributed by atoms with E-state index in [1.807, 2.05) is 26.0 Å². The number of halogens is 1. The van der Waals surface area contributed by atoms with Crippen LogP contribution in [0.4, 0.5) is 10.1 Å². The summed E-state index contributed by atoms with van der Waals surface area (Å²) in [4.78, 5) is 37.9. The van der Waals surface area contributed by atoms with E-state index in [1.165, 1.54) is 18.2 Å². The lowest BCUT2D eigenvalue weighted by molar-refractivity contribution is -0.124. The van der Waals surface area contributed by atoms with E-state index in [0.29, 0.717) is 11.3 Å². The standard InChI is InChI=1S/C27H28FN3O3/c1-3-18(2)24(31-25(32)20-10-5-4-6-11-20)27(34)29-17-19-9-7-14-23(15-19)30-26(33)21-12-8-13-22(28)16-21/h4-16,18,24H,3,17H2,1-2H3,(H,29,34)(H,30,33)(H,31,32). The van der Waals surface area contributed by atoms with Gasteiger partial charge in [0.2, 0.25) is 5.91 Å². The van der Waals surface area contributed by atoms with Crippen molar-refractivity contribution >= 4 is 23.4 Å². The fourth-order valence-electron chi connectivity index (χ4n) is 3.41. The molecule has 0 radical (unpaired) electrons. The Morgan fingerprint density at radius 3 is 2.26 bits per heavy atom. The topological polar surface area (TPSA) is 87.3 Å². The molecule has 0 saturated heterocycles. The van der Waals surface area contributed by atoms with Gasteiger partial charge < -0.3 is 16.0 Å². The van der Waals surface area contributed by atoms with Gasteiger partial charge in [-0.3, -0.25) is 14.4 Å². The monoisotopic (exact) mass is 461 g/mol. The summed E-state index contributed by atoms with van der Waals surface area (Å²) in [7, 11) is 0. The van der Waals surface area contributed by atoms with Crippen LogP contribution in [0.1, 0.15) is 46.5 Å². The highest BCUT2D eigenvalue weighted by molar-refractivity contribution is 6.04. The zero-order chi connectivity index (χ0) is 24.5. The van der Waals surface area contributed by atoms with Crippen molar-refractivity contribution in [3.63, 3.8) is 0 Å². The second kappa shape index (κ2) is 11.7. The van der Waals surface area contributed by atoms with Crippen LogP contribution in [0.25, 0.3) is 0 Å². The molecule has 2 atom stereocenters. The molecule has 0 aliphatic heterocycles. The average molecular weight is 462 g/mol. The summed E-state index contributed by atoms with van der Waals surface area (Å²) in [5.41, 5.74) is 1.99. The van der Waals surface area contributed by atoms with Crippen LogP contribution in [0.3, 0.4) is 0 Å². The van der Waals surface area contributed by atoms with Crippen molar-refractivity contribution in [2.45, 2.75) is 32.9 Å². The first-order chi connectivity index (χ1) is 16.4. The summed E-state index contributed by atoms with van der Waals surface area (Å²) in [5.74, 6) is -1.57. The van der Waals surface area contributed by atoms with Crippen LogP contribution >= 0.6 is 0 Å². The van der Waals surface area contributed by atoms with Gasteiger partial charge in [-0.1, -0.05) is 56.7 Å². The van der Waals surface area contributed by atoms with Gasteiger partial charge in [0.05, 0.1) is 0 Å². The second-order valence-corrected chi connectivity index (χ2v) is 8.09. The van der Waals surface area contributed by atoms with Gasteiger partial charge in [0, 0.05) is 23.4 Å². The van der Waals surface area contributed by atoms with Gasteiger partial charge in [0.15, 0.2) is 0 Å². The Balaban J connectivity index is 1.63. The van der Waals surface area contributed by atoms with Crippen molar-refractivity contribution < 1.29 is 18.8 Å². The van der Waals surface area contributed by atoms with Gasteiger partial charge in [0.25, 0.3) is 11.8 Å². The summed E-state index contributed by atoms with van der Waals surface area (Å²) < 4.78 is 13.4. The van der Waals surface area contributed by atoms with Crippen molar-refractivity contribution in [2.75, 3.05) is 5.32 Å².